The smallest absolute Gasteiger partial charge is 0.312 e. The summed E-state index contributed by atoms with van der Waals surface area (Å²) >= 11 is 0. The van der Waals surface area contributed by atoms with Gasteiger partial charge >= 0.3 is 5.97 Å². The third-order valence-electron chi connectivity index (χ3n) is 5.16. The van der Waals surface area contributed by atoms with Crippen molar-refractivity contribution >= 4 is 11.9 Å². The molecule has 27 heavy (non-hydrogen) atoms. The highest BCUT2D eigenvalue weighted by atomic mass is 16.4. The summed E-state index contributed by atoms with van der Waals surface area (Å²) in [6, 6.07) is 11.9. The fraction of sp³-hybridized carbons (Fsp3) is 0.350. The van der Waals surface area contributed by atoms with Gasteiger partial charge in [-0.1, -0.05) is 30.3 Å². The number of benzene rings is 1. The molecule has 2 aromatic rings. The highest BCUT2D eigenvalue weighted by Crippen LogP contribution is 2.36. The number of nitrogens with zero attached hydrogens (tertiary/aromatic N) is 1. The number of hydrogen-bond donors (Lipinski definition) is 3. The number of aliphatic carboxylic acids is 1. The van der Waals surface area contributed by atoms with Crippen molar-refractivity contribution in [3.05, 3.63) is 69.6 Å². The molecule has 2 atom stereocenters. The van der Waals surface area contributed by atoms with Gasteiger partial charge in [-0.3, -0.25) is 14.4 Å². The number of carbonyl (C=O) groups excluding carboxylic acids is 1. The van der Waals surface area contributed by atoms with Gasteiger partial charge in [0.2, 0.25) is 5.56 Å². The Morgan fingerprint density at radius 3 is 2.56 bits per heavy atom. The van der Waals surface area contributed by atoms with Gasteiger partial charge in [0.05, 0.1) is 6.10 Å². The molecule has 1 saturated heterocycles. The van der Waals surface area contributed by atoms with E-state index in [9.17, 15) is 24.6 Å². The Morgan fingerprint density at radius 2 is 1.96 bits per heavy atom. The van der Waals surface area contributed by atoms with Crippen LogP contribution in [0.25, 0.3) is 0 Å². The molecule has 1 fully saturated rings. The van der Waals surface area contributed by atoms with Gasteiger partial charge in [0.1, 0.15) is 5.41 Å². The summed E-state index contributed by atoms with van der Waals surface area (Å²) in [5, 5.41) is 20.5. The predicted octanol–water partition coefficient (Wildman–Crippen LogP) is 1.20. The van der Waals surface area contributed by atoms with Gasteiger partial charge in [-0.25, -0.2) is 0 Å². The Labute approximate surface area is 156 Å². The second-order valence-electron chi connectivity index (χ2n) is 7.06. The lowest BCUT2D eigenvalue weighted by atomic mass is 9.71. The molecule has 1 aliphatic rings. The highest BCUT2D eigenvalue weighted by molar-refractivity contribution is 5.94. The van der Waals surface area contributed by atoms with E-state index in [4.69, 9.17) is 0 Å². The number of hydrogen-bond acceptors (Lipinski definition) is 4. The molecule has 1 aromatic carbocycles. The number of piperidine rings is 1. The standard InChI is InChI=1S/C20H22N2O5/c1-13-9-15(10-17(24)21-13)18(25)22-8-7-20(19(26)27,16(23)12-22)11-14-5-3-2-4-6-14/h2-6,9-10,16,23H,7-8,11-12H2,1H3,(H,21,24)(H,26,27)/t16-,20-/m1/s1. The molecule has 0 unspecified atom stereocenters. The lowest BCUT2D eigenvalue weighted by Gasteiger charge is -2.42. The van der Waals surface area contributed by atoms with Crippen molar-refractivity contribution in [3.8, 4) is 0 Å². The van der Waals surface area contributed by atoms with E-state index >= 15 is 0 Å². The minimum absolute atomic E-state index is 0.0934. The molecule has 1 amide bonds. The number of pyridine rings is 1. The largest absolute Gasteiger partial charge is 0.481 e. The monoisotopic (exact) mass is 370 g/mol. The van der Waals surface area contributed by atoms with Gasteiger partial charge in [0.25, 0.3) is 5.91 Å². The molecule has 0 saturated carbocycles. The first kappa shape index (κ1) is 18.8. The van der Waals surface area contributed by atoms with Crippen LogP contribution in [0.1, 0.15) is 28.0 Å². The Bertz CT molecular complexity index is 908. The number of nitrogens with one attached hydrogen (secondary N) is 1. The van der Waals surface area contributed by atoms with Crippen molar-refractivity contribution in [2.45, 2.75) is 25.9 Å². The van der Waals surface area contributed by atoms with Crippen LogP contribution >= 0.6 is 0 Å². The van der Waals surface area contributed by atoms with Crippen molar-refractivity contribution in [1.29, 1.82) is 0 Å². The number of likely N-dealkylation sites (tertiary alicyclic amines) is 1. The zero-order valence-electron chi connectivity index (χ0n) is 15.0. The van der Waals surface area contributed by atoms with Gasteiger partial charge in [0, 0.05) is 30.4 Å². The molecular formula is C20H22N2O5. The van der Waals surface area contributed by atoms with E-state index in [1.165, 1.54) is 11.0 Å². The maximum atomic E-state index is 12.7. The summed E-state index contributed by atoms with van der Waals surface area (Å²) in [6.45, 7) is 1.78. The Hall–Kier alpha value is -2.93. The van der Waals surface area contributed by atoms with E-state index in [1.54, 1.807) is 13.0 Å². The molecule has 7 nitrogen and oxygen atoms in total. The minimum Gasteiger partial charge on any atom is -0.481 e. The van der Waals surface area contributed by atoms with Crippen LogP contribution < -0.4 is 5.56 Å². The van der Waals surface area contributed by atoms with E-state index in [2.05, 4.69) is 4.98 Å². The number of amides is 1. The molecule has 0 bridgehead atoms. The number of carboxylic acid groups (broad SMARTS) is 1. The number of H-pyrrole nitrogens is 1. The number of aromatic nitrogens is 1. The lowest BCUT2D eigenvalue weighted by molar-refractivity contribution is -0.161. The molecule has 0 radical (unpaired) electrons. The Morgan fingerprint density at radius 1 is 1.26 bits per heavy atom. The number of aromatic amines is 1. The Kier molecular flexibility index (Phi) is 5.14. The second-order valence-corrected chi connectivity index (χ2v) is 7.06. The van der Waals surface area contributed by atoms with Gasteiger partial charge in [0.15, 0.2) is 0 Å². The molecule has 0 spiro atoms. The third-order valence-corrected chi connectivity index (χ3v) is 5.16. The first-order valence-electron chi connectivity index (χ1n) is 8.77. The highest BCUT2D eigenvalue weighted by Gasteiger charge is 2.49. The third kappa shape index (κ3) is 3.78. The molecular weight excluding hydrogens is 348 g/mol. The minimum atomic E-state index is -1.35. The summed E-state index contributed by atoms with van der Waals surface area (Å²) in [7, 11) is 0. The molecule has 1 aromatic heterocycles. The summed E-state index contributed by atoms with van der Waals surface area (Å²) in [6.07, 6.45) is -0.890. The number of aryl methyl sites for hydroxylation is 1. The quantitative estimate of drug-likeness (QED) is 0.749. The fourth-order valence-electron chi connectivity index (χ4n) is 3.64. The van der Waals surface area contributed by atoms with E-state index in [0.717, 1.165) is 5.56 Å². The van der Waals surface area contributed by atoms with Crippen LogP contribution in [0.15, 0.2) is 47.3 Å². The van der Waals surface area contributed by atoms with E-state index < -0.39 is 17.5 Å². The van der Waals surface area contributed by atoms with E-state index in [-0.39, 0.29) is 43.0 Å². The van der Waals surface area contributed by atoms with Crippen LogP contribution in [0, 0.1) is 12.3 Å². The summed E-state index contributed by atoms with van der Waals surface area (Å²) in [4.78, 5) is 40.3. The van der Waals surface area contributed by atoms with Crippen LogP contribution in [0.3, 0.4) is 0 Å². The number of rotatable bonds is 4. The van der Waals surface area contributed by atoms with Crippen molar-refractivity contribution in [2.75, 3.05) is 13.1 Å². The molecule has 142 valence electrons. The van der Waals surface area contributed by atoms with Gasteiger partial charge < -0.3 is 20.1 Å². The first-order chi connectivity index (χ1) is 12.8. The topological polar surface area (TPSA) is 111 Å². The SMILES string of the molecule is Cc1cc(C(=O)N2CC[C@](Cc3ccccc3)(C(=O)O)[C@H](O)C2)cc(=O)[nH]1. The van der Waals surface area contributed by atoms with Gasteiger partial charge in [-0.05, 0) is 31.4 Å². The zero-order valence-corrected chi connectivity index (χ0v) is 15.0. The maximum Gasteiger partial charge on any atom is 0.312 e. The number of carbonyl (C=O) groups is 2. The van der Waals surface area contributed by atoms with E-state index in [1.807, 2.05) is 30.3 Å². The Balaban J connectivity index is 1.81. The van der Waals surface area contributed by atoms with Gasteiger partial charge in [-0.2, -0.15) is 0 Å². The normalized spacial score (nSPS) is 22.4. The van der Waals surface area contributed by atoms with Crippen molar-refractivity contribution < 1.29 is 19.8 Å². The summed E-state index contributed by atoms with van der Waals surface area (Å²) in [5.41, 5.74) is -0.104. The van der Waals surface area contributed by atoms with Crippen LogP contribution in [-0.4, -0.2) is 51.2 Å². The van der Waals surface area contributed by atoms with Crippen molar-refractivity contribution in [2.24, 2.45) is 5.41 Å². The molecule has 2 heterocycles. The van der Waals surface area contributed by atoms with Crippen molar-refractivity contribution in [3.63, 3.8) is 0 Å². The molecule has 1 aliphatic heterocycles. The molecule has 7 heteroatoms. The lowest BCUT2D eigenvalue weighted by Crippen LogP contribution is -2.57. The number of β-amino-alcohol motifs (C(OH)–C–C–N with tert-alkyl or cyclic N) is 1. The predicted molar refractivity (Wildman–Crippen MR) is 98.5 cm³/mol. The fourth-order valence-corrected chi connectivity index (χ4v) is 3.64. The van der Waals surface area contributed by atoms with Crippen molar-refractivity contribution in [1.82, 2.24) is 9.88 Å². The number of aliphatic hydroxyl groups excluding tert-OH is 1. The van der Waals surface area contributed by atoms with Crippen LogP contribution in [0.2, 0.25) is 0 Å². The maximum absolute atomic E-state index is 12.7. The van der Waals surface area contributed by atoms with Crippen LogP contribution in [0.5, 0.6) is 0 Å². The van der Waals surface area contributed by atoms with Crippen LogP contribution in [0.4, 0.5) is 0 Å². The van der Waals surface area contributed by atoms with Crippen LogP contribution in [-0.2, 0) is 11.2 Å². The molecule has 0 aliphatic carbocycles. The molecule has 3 N–H and O–H groups in total. The second kappa shape index (κ2) is 7.36. The number of carboxylic acids is 1. The number of aliphatic hydroxyl groups is 1. The summed E-state index contributed by atoms with van der Waals surface area (Å²) < 4.78 is 0. The summed E-state index contributed by atoms with van der Waals surface area (Å²) in [5.74, 6) is -1.46. The van der Waals surface area contributed by atoms with E-state index in [0.29, 0.717) is 5.69 Å². The zero-order chi connectivity index (χ0) is 19.6. The average Bonchev–Trinajstić information content (AvgIpc) is 2.62. The average molecular weight is 370 g/mol. The van der Waals surface area contributed by atoms with Gasteiger partial charge in [-0.15, -0.1) is 0 Å². The first-order valence-corrected chi connectivity index (χ1v) is 8.77. The molecule has 3 rings (SSSR count).